The summed E-state index contributed by atoms with van der Waals surface area (Å²) >= 11 is 0. The summed E-state index contributed by atoms with van der Waals surface area (Å²) < 4.78 is 5.04. The molecule has 0 saturated carbocycles. The predicted octanol–water partition coefficient (Wildman–Crippen LogP) is 5.10. The molecule has 0 saturated heterocycles. The molecule has 0 aliphatic heterocycles. The Bertz CT molecular complexity index is 235. The van der Waals surface area contributed by atoms with Crippen LogP contribution in [0, 0.1) is 6.92 Å². The standard InChI is InChI=1S/C8H10O.C3H8.2C2H6.2CH2O/c1-7-5-3-4-6-8(7)9-2;1-3-2;4*1-2/h3-6H,1-2H3;3H2,1-2H3;2*1-2H3;2*1H2. The van der Waals surface area contributed by atoms with E-state index in [1.165, 1.54) is 12.0 Å². The van der Waals surface area contributed by atoms with Crippen LogP contribution in [0.1, 0.15) is 53.5 Å². The molecule has 0 atom stereocenters. The summed E-state index contributed by atoms with van der Waals surface area (Å²) in [7, 11) is 1.68. The van der Waals surface area contributed by atoms with Gasteiger partial charge in [0.15, 0.2) is 0 Å². The number of methoxy groups -OCH3 is 1. The third kappa shape index (κ3) is 29.9. The summed E-state index contributed by atoms with van der Waals surface area (Å²) in [6.45, 7) is 18.3. The number of rotatable bonds is 1. The molecule has 3 heteroatoms. The molecule has 3 nitrogen and oxygen atoms in total. The molecular formula is C17H34O3. The molecule has 0 heterocycles. The summed E-state index contributed by atoms with van der Waals surface area (Å²) in [5.74, 6) is 0.956. The van der Waals surface area contributed by atoms with Gasteiger partial charge in [-0.1, -0.05) is 66.2 Å². The van der Waals surface area contributed by atoms with Crippen LogP contribution in [0.15, 0.2) is 24.3 Å². The van der Waals surface area contributed by atoms with Crippen LogP contribution in [0.25, 0.3) is 0 Å². The maximum Gasteiger partial charge on any atom is 0.121 e. The quantitative estimate of drug-likeness (QED) is 0.721. The first kappa shape index (κ1) is 31.0. The summed E-state index contributed by atoms with van der Waals surface area (Å²) in [6.07, 6.45) is 1.25. The van der Waals surface area contributed by atoms with Crippen molar-refractivity contribution in [1.29, 1.82) is 0 Å². The van der Waals surface area contributed by atoms with Gasteiger partial charge in [-0.05, 0) is 18.6 Å². The number of ether oxygens (including phenoxy) is 1. The fourth-order valence-corrected chi connectivity index (χ4v) is 0.785. The summed E-state index contributed by atoms with van der Waals surface area (Å²) in [5.41, 5.74) is 1.18. The van der Waals surface area contributed by atoms with Crippen molar-refractivity contribution in [3.63, 3.8) is 0 Å². The molecule has 0 N–H and O–H groups in total. The number of benzene rings is 1. The molecule has 0 unspecified atom stereocenters. The minimum absolute atomic E-state index is 0.956. The lowest BCUT2D eigenvalue weighted by Gasteiger charge is -2.00. The van der Waals surface area contributed by atoms with Crippen molar-refractivity contribution in [1.82, 2.24) is 0 Å². The second kappa shape index (κ2) is 43.3. The maximum absolute atomic E-state index is 8.00. The Hall–Kier alpha value is -1.64. The van der Waals surface area contributed by atoms with Gasteiger partial charge in [0.2, 0.25) is 0 Å². The average molecular weight is 286 g/mol. The molecule has 1 rings (SSSR count). The predicted molar refractivity (Wildman–Crippen MR) is 90.6 cm³/mol. The summed E-state index contributed by atoms with van der Waals surface area (Å²) in [5, 5.41) is 0. The van der Waals surface area contributed by atoms with Gasteiger partial charge in [-0.15, -0.1) is 0 Å². The molecular weight excluding hydrogens is 252 g/mol. The Morgan fingerprint density at radius 1 is 0.900 bits per heavy atom. The smallest absolute Gasteiger partial charge is 0.121 e. The number of hydrogen-bond donors (Lipinski definition) is 0. The highest BCUT2D eigenvalue weighted by Gasteiger charge is 1.90. The Kier molecular flexibility index (Phi) is 67.1. The number of para-hydroxylation sites is 1. The first-order chi connectivity index (χ1) is 9.76. The van der Waals surface area contributed by atoms with E-state index < -0.39 is 0 Å². The first-order valence-corrected chi connectivity index (χ1v) is 6.93. The minimum Gasteiger partial charge on any atom is -0.496 e. The topological polar surface area (TPSA) is 43.4 Å². The van der Waals surface area contributed by atoms with E-state index >= 15 is 0 Å². The van der Waals surface area contributed by atoms with Crippen molar-refractivity contribution in [2.24, 2.45) is 0 Å². The zero-order valence-electron chi connectivity index (χ0n) is 14.7. The summed E-state index contributed by atoms with van der Waals surface area (Å²) in [4.78, 5) is 16.0. The van der Waals surface area contributed by atoms with Gasteiger partial charge in [0.25, 0.3) is 0 Å². The molecule has 0 bridgehead atoms. The number of hydrogen-bond acceptors (Lipinski definition) is 3. The van der Waals surface area contributed by atoms with Gasteiger partial charge in [0.1, 0.15) is 19.3 Å². The van der Waals surface area contributed by atoms with Crippen LogP contribution < -0.4 is 4.74 Å². The average Bonchev–Trinajstić information content (AvgIpc) is 2.56. The lowest BCUT2D eigenvalue weighted by Crippen LogP contribution is -1.84. The minimum atomic E-state index is 0.956. The SMILES string of the molecule is C=O.C=O.CC.CC.CCC.COc1ccccc1C. The highest BCUT2D eigenvalue weighted by Crippen LogP contribution is 2.14. The highest BCUT2D eigenvalue weighted by atomic mass is 16.5. The van der Waals surface area contributed by atoms with Gasteiger partial charge < -0.3 is 14.3 Å². The van der Waals surface area contributed by atoms with Gasteiger partial charge in [-0.25, -0.2) is 0 Å². The molecule has 0 spiro atoms. The highest BCUT2D eigenvalue weighted by molar-refractivity contribution is 5.31. The zero-order chi connectivity index (χ0) is 17.4. The Labute approximate surface area is 126 Å². The molecule has 0 fully saturated rings. The molecule has 0 aromatic heterocycles. The lowest BCUT2D eigenvalue weighted by molar-refractivity contribution is -0.0987. The van der Waals surface area contributed by atoms with Crippen molar-refractivity contribution < 1.29 is 14.3 Å². The van der Waals surface area contributed by atoms with Gasteiger partial charge >= 0.3 is 0 Å². The van der Waals surface area contributed by atoms with Crippen molar-refractivity contribution in [2.45, 2.75) is 54.9 Å². The van der Waals surface area contributed by atoms with Crippen LogP contribution >= 0.6 is 0 Å². The fraction of sp³-hybridized carbons (Fsp3) is 0.529. The first-order valence-electron chi connectivity index (χ1n) is 6.93. The monoisotopic (exact) mass is 286 g/mol. The maximum atomic E-state index is 8.00. The van der Waals surface area contributed by atoms with Gasteiger partial charge in [0.05, 0.1) is 7.11 Å². The van der Waals surface area contributed by atoms with Gasteiger partial charge in [-0.2, -0.15) is 0 Å². The van der Waals surface area contributed by atoms with E-state index in [1.54, 1.807) is 7.11 Å². The van der Waals surface area contributed by atoms with E-state index in [1.807, 2.05) is 72.5 Å². The number of carbonyl (C=O) groups is 2. The van der Waals surface area contributed by atoms with Crippen molar-refractivity contribution >= 4 is 13.6 Å². The summed E-state index contributed by atoms with van der Waals surface area (Å²) in [6, 6.07) is 7.94. The van der Waals surface area contributed by atoms with E-state index in [9.17, 15) is 0 Å². The van der Waals surface area contributed by atoms with Crippen LogP contribution in [0.2, 0.25) is 0 Å². The molecule has 20 heavy (non-hydrogen) atoms. The van der Waals surface area contributed by atoms with Crippen LogP contribution in [-0.2, 0) is 9.59 Å². The zero-order valence-corrected chi connectivity index (χ0v) is 14.7. The van der Waals surface area contributed by atoms with E-state index in [2.05, 4.69) is 13.8 Å². The number of carbonyl (C=O) groups excluding carboxylic acids is 2. The molecule has 1 aromatic rings. The van der Waals surface area contributed by atoms with Crippen molar-refractivity contribution in [2.75, 3.05) is 7.11 Å². The van der Waals surface area contributed by atoms with Crippen molar-refractivity contribution in [3.05, 3.63) is 29.8 Å². The van der Waals surface area contributed by atoms with Crippen LogP contribution in [0.4, 0.5) is 0 Å². The molecule has 0 aliphatic carbocycles. The fourth-order valence-electron chi connectivity index (χ4n) is 0.785. The van der Waals surface area contributed by atoms with Crippen LogP contribution in [0.5, 0.6) is 5.75 Å². The Balaban J connectivity index is -0.0000000579. The molecule has 0 aliphatic rings. The molecule has 0 amide bonds. The Morgan fingerprint density at radius 3 is 1.40 bits per heavy atom. The number of aryl methyl sites for hydroxylation is 1. The van der Waals surface area contributed by atoms with Crippen LogP contribution in [0.3, 0.4) is 0 Å². The third-order valence-corrected chi connectivity index (χ3v) is 1.31. The second-order valence-corrected chi connectivity index (χ2v) is 2.68. The van der Waals surface area contributed by atoms with E-state index in [0.29, 0.717) is 0 Å². The molecule has 1 aromatic carbocycles. The normalized spacial score (nSPS) is 6.00. The second-order valence-electron chi connectivity index (χ2n) is 2.68. The van der Waals surface area contributed by atoms with Gasteiger partial charge in [-0.3, -0.25) is 0 Å². The molecule has 120 valence electrons. The lowest BCUT2D eigenvalue weighted by atomic mass is 10.2. The van der Waals surface area contributed by atoms with Gasteiger partial charge in [0, 0.05) is 0 Å². The molecule has 0 radical (unpaired) electrons. The third-order valence-electron chi connectivity index (χ3n) is 1.31. The van der Waals surface area contributed by atoms with E-state index in [0.717, 1.165) is 5.75 Å². The largest absolute Gasteiger partial charge is 0.496 e. The van der Waals surface area contributed by atoms with E-state index in [-0.39, 0.29) is 0 Å². The van der Waals surface area contributed by atoms with Crippen LogP contribution in [-0.4, -0.2) is 20.7 Å². The Morgan fingerprint density at radius 2 is 1.20 bits per heavy atom. The van der Waals surface area contributed by atoms with E-state index in [4.69, 9.17) is 14.3 Å². The van der Waals surface area contributed by atoms with Crippen molar-refractivity contribution in [3.8, 4) is 5.75 Å².